The highest BCUT2D eigenvalue weighted by Crippen LogP contribution is 2.30. The number of amides is 1. The summed E-state index contributed by atoms with van der Waals surface area (Å²) in [6.45, 7) is 0.761. The van der Waals surface area contributed by atoms with Crippen molar-refractivity contribution < 1.29 is 9.53 Å². The van der Waals surface area contributed by atoms with E-state index in [2.05, 4.69) is 20.4 Å². The Bertz CT molecular complexity index is 840. The van der Waals surface area contributed by atoms with Gasteiger partial charge in [0.15, 0.2) is 0 Å². The summed E-state index contributed by atoms with van der Waals surface area (Å²) in [5, 5.41) is 9.63. The predicted octanol–water partition coefficient (Wildman–Crippen LogP) is 2.83. The molecule has 1 aromatic carbocycles. The fraction of sp³-hybridized carbons (Fsp3) is 0.250. The van der Waals surface area contributed by atoms with Gasteiger partial charge >= 0.3 is 0 Å². The van der Waals surface area contributed by atoms with Crippen molar-refractivity contribution in [2.45, 2.75) is 18.9 Å². The van der Waals surface area contributed by atoms with Crippen molar-refractivity contribution in [1.82, 2.24) is 19.7 Å². The van der Waals surface area contributed by atoms with Gasteiger partial charge in [0.25, 0.3) is 5.91 Å². The van der Waals surface area contributed by atoms with Gasteiger partial charge in [-0.3, -0.25) is 4.79 Å². The summed E-state index contributed by atoms with van der Waals surface area (Å²) in [7, 11) is 0. The van der Waals surface area contributed by atoms with Gasteiger partial charge in [0.2, 0.25) is 0 Å². The summed E-state index contributed by atoms with van der Waals surface area (Å²) < 4.78 is 7.22. The molecule has 0 radical (unpaired) electrons. The predicted molar refractivity (Wildman–Crippen MR) is 89.4 cm³/mol. The van der Waals surface area contributed by atoms with Crippen molar-refractivity contribution in [1.29, 1.82) is 0 Å². The molecule has 1 N–H and O–H groups in total. The normalized spacial score (nSPS) is 17.1. The third-order valence-corrected chi connectivity index (χ3v) is 4.71. The van der Waals surface area contributed by atoms with Gasteiger partial charge in [-0.15, -0.1) is 11.3 Å². The van der Waals surface area contributed by atoms with Gasteiger partial charge in [-0.2, -0.15) is 5.10 Å². The summed E-state index contributed by atoms with van der Waals surface area (Å²) in [5.74, 6) is -0.247. The Kier molecular flexibility index (Phi) is 4.06. The number of hydrogen-bond acceptors (Lipinski definition) is 6. The molecule has 7 nitrogen and oxygen atoms in total. The Morgan fingerprint density at radius 3 is 3.08 bits per heavy atom. The fourth-order valence-electron chi connectivity index (χ4n) is 2.61. The Hall–Kier alpha value is -2.58. The average Bonchev–Trinajstić information content (AvgIpc) is 3.35. The standard InChI is InChI=1S/C16H15N5O2S/c22-15(12-8-24-16(20-12)14-6-3-7-23-14)19-11-4-1-2-5-13(11)21-10-17-9-18-21/h1-2,4-5,8-10,14H,3,6-7H2,(H,19,22)/t14-/m1/s1. The maximum absolute atomic E-state index is 12.5. The van der Waals surface area contributed by atoms with Gasteiger partial charge in [-0.05, 0) is 25.0 Å². The molecule has 0 bridgehead atoms. The maximum atomic E-state index is 12.5. The molecule has 3 heterocycles. The van der Waals surface area contributed by atoms with Gasteiger partial charge in [0.05, 0.1) is 11.4 Å². The minimum absolute atomic E-state index is 0.0268. The second-order valence-electron chi connectivity index (χ2n) is 5.38. The largest absolute Gasteiger partial charge is 0.371 e. The van der Waals surface area contributed by atoms with E-state index in [-0.39, 0.29) is 12.0 Å². The van der Waals surface area contributed by atoms with E-state index in [4.69, 9.17) is 4.74 Å². The second-order valence-corrected chi connectivity index (χ2v) is 6.27. The summed E-state index contributed by atoms with van der Waals surface area (Å²) in [4.78, 5) is 20.9. The number of carbonyl (C=O) groups excluding carboxylic acids is 1. The van der Waals surface area contributed by atoms with Crippen LogP contribution in [0.4, 0.5) is 5.69 Å². The minimum Gasteiger partial charge on any atom is -0.371 e. The molecular formula is C16H15N5O2S. The molecular weight excluding hydrogens is 326 g/mol. The molecule has 1 saturated heterocycles. The first-order valence-electron chi connectivity index (χ1n) is 7.63. The Morgan fingerprint density at radius 1 is 1.38 bits per heavy atom. The Labute approximate surface area is 142 Å². The van der Waals surface area contributed by atoms with Crippen molar-refractivity contribution in [3.05, 3.63) is 53.0 Å². The molecule has 2 aromatic heterocycles. The number of nitrogens with one attached hydrogen (secondary N) is 1. The lowest BCUT2D eigenvalue weighted by Gasteiger charge is -2.09. The molecule has 4 rings (SSSR count). The summed E-state index contributed by atoms with van der Waals surface area (Å²) in [6, 6.07) is 7.42. The number of anilines is 1. The molecule has 1 fully saturated rings. The highest BCUT2D eigenvalue weighted by molar-refractivity contribution is 7.09. The van der Waals surface area contributed by atoms with Gasteiger partial charge in [-0.25, -0.2) is 14.6 Å². The quantitative estimate of drug-likeness (QED) is 0.789. The third kappa shape index (κ3) is 2.93. The van der Waals surface area contributed by atoms with Crippen LogP contribution in [0.1, 0.15) is 34.4 Å². The van der Waals surface area contributed by atoms with Crippen molar-refractivity contribution in [3.63, 3.8) is 0 Å². The van der Waals surface area contributed by atoms with E-state index in [9.17, 15) is 4.79 Å². The molecule has 8 heteroatoms. The number of benzene rings is 1. The molecule has 1 atom stereocenters. The van der Waals surface area contributed by atoms with Crippen molar-refractivity contribution in [2.75, 3.05) is 11.9 Å². The summed E-state index contributed by atoms with van der Waals surface area (Å²) in [6.07, 6.45) is 5.07. The van der Waals surface area contributed by atoms with Crippen molar-refractivity contribution in [3.8, 4) is 5.69 Å². The minimum atomic E-state index is -0.247. The van der Waals surface area contributed by atoms with Crippen LogP contribution in [0.5, 0.6) is 0 Å². The topological polar surface area (TPSA) is 81.9 Å². The van der Waals surface area contributed by atoms with E-state index in [1.165, 1.54) is 17.7 Å². The molecule has 3 aromatic rings. The zero-order valence-electron chi connectivity index (χ0n) is 12.8. The molecule has 0 saturated carbocycles. The van der Waals surface area contributed by atoms with Crippen LogP contribution in [0.2, 0.25) is 0 Å². The van der Waals surface area contributed by atoms with E-state index in [0.717, 1.165) is 30.1 Å². The van der Waals surface area contributed by atoms with Crippen LogP contribution in [-0.2, 0) is 4.74 Å². The first-order valence-corrected chi connectivity index (χ1v) is 8.51. The fourth-order valence-corrected chi connectivity index (χ4v) is 3.49. The zero-order chi connectivity index (χ0) is 16.4. The highest BCUT2D eigenvalue weighted by atomic mass is 32.1. The molecule has 0 aliphatic carbocycles. The van der Waals surface area contributed by atoms with Crippen molar-refractivity contribution in [2.24, 2.45) is 0 Å². The van der Waals surface area contributed by atoms with Gasteiger partial charge in [-0.1, -0.05) is 12.1 Å². The van der Waals surface area contributed by atoms with E-state index < -0.39 is 0 Å². The molecule has 0 spiro atoms. The molecule has 1 amide bonds. The van der Waals surface area contributed by atoms with Crippen LogP contribution in [0.25, 0.3) is 5.69 Å². The number of nitrogens with zero attached hydrogens (tertiary/aromatic N) is 4. The van der Waals surface area contributed by atoms with Crippen LogP contribution in [-0.4, -0.2) is 32.3 Å². The van der Waals surface area contributed by atoms with Crippen LogP contribution in [0.3, 0.4) is 0 Å². The monoisotopic (exact) mass is 341 g/mol. The van der Waals surface area contributed by atoms with E-state index in [0.29, 0.717) is 11.4 Å². The number of ether oxygens (including phenoxy) is 1. The molecule has 0 unspecified atom stereocenters. The number of rotatable bonds is 4. The van der Waals surface area contributed by atoms with Crippen molar-refractivity contribution >= 4 is 22.9 Å². The molecule has 122 valence electrons. The summed E-state index contributed by atoms with van der Waals surface area (Å²) in [5.41, 5.74) is 1.80. The highest BCUT2D eigenvalue weighted by Gasteiger charge is 2.22. The number of hydrogen-bond donors (Lipinski definition) is 1. The van der Waals surface area contributed by atoms with Gasteiger partial charge in [0, 0.05) is 12.0 Å². The number of carbonyl (C=O) groups is 1. The van der Waals surface area contributed by atoms with E-state index in [1.54, 1.807) is 16.4 Å². The number of thiazole rings is 1. The maximum Gasteiger partial charge on any atom is 0.275 e. The second kappa shape index (κ2) is 6.50. The Balaban J connectivity index is 1.55. The molecule has 1 aliphatic heterocycles. The van der Waals surface area contributed by atoms with Crippen LogP contribution in [0.15, 0.2) is 42.3 Å². The van der Waals surface area contributed by atoms with Crippen LogP contribution >= 0.6 is 11.3 Å². The lowest BCUT2D eigenvalue weighted by Crippen LogP contribution is -2.14. The lowest BCUT2D eigenvalue weighted by atomic mass is 10.2. The van der Waals surface area contributed by atoms with Gasteiger partial charge < -0.3 is 10.1 Å². The summed E-state index contributed by atoms with van der Waals surface area (Å²) >= 11 is 1.46. The Morgan fingerprint density at radius 2 is 2.29 bits per heavy atom. The zero-order valence-corrected chi connectivity index (χ0v) is 13.6. The SMILES string of the molecule is O=C(Nc1ccccc1-n1cncn1)c1csc([C@H]2CCCO2)n1. The smallest absolute Gasteiger partial charge is 0.275 e. The first-order chi connectivity index (χ1) is 11.8. The van der Waals surface area contributed by atoms with Crippen LogP contribution < -0.4 is 5.32 Å². The number of aromatic nitrogens is 4. The molecule has 1 aliphatic rings. The van der Waals surface area contributed by atoms with Crippen LogP contribution in [0, 0.1) is 0 Å². The van der Waals surface area contributed by atoms with Gasteiger partial charge in [0.1, 0.15) is 29.5 Å². The number of para-hydroxylation sites is 2. The molecule has 24 heavy (non-hydrogen) atoms. The average molecular weight is 341 g/mol. The lowest BCUT2D eigenvalue weighted by molar-refractivity contribution is 0.101. The van der Waals surface area contributed by atoms with E-state index >= 15 is 0 Å². The van der Waals surface area contributed by atoms with E-state index in [1.807, 2.05) is 24.3 Å². The first kappa shape index (κ1) is 15.0. The third-order valence-electron chi connectivity index (χ3n) is 3.78.